The second-order valence-electron chi connectivity index (χ2n) is 3.44. The van der Waals surface area contributed by atoms with Gasteiger partial charge in [-0.05, 0) is 12.1 Å². The molecule has 0 aromatic heterocycles. The summed E-state index contributed by atoms with van der Waals surface area (Å²) in [5.41, 5.74) is 2.26. The first-order valence-corrected chi connectivity index (χ1v) is 4.42. The van der Waals surface area contributed by atoms with Gasteiger partial charge in [0.25, 0.3) is 0 Å². The number of carbonyl (C=O) groups excluding carboxylic acids is 2. The van der Waals surface area contributed by atoms with Gasteiger partial charge < -0.3 is 9.47 Å². The molecule has 2 aliphatic heterocycles. The Kier molecular flexibility index (Phi) is 1.36. The van der Waals surface area contributed by atoms with Gasteiger partial charge in [-0.1, -0.05) is 6.58 Å². The molecule has 0 atom stereocenters. The van der Waals surface area contributed by atoms with Crippen molar-refractivity contribution >= 4 is 17.7 Å². The fourth-order valence-electron chi connectivity index (χ4n) is 1.80. The zero-order valence-electron chi connectivity index (χ0n) is 7.70. The van der Waals surface area contributed by atoms with E-state index in [-0.39, 0.29) is 18.3 Å². The Morgan fingerprint density at radius 2 is 1.87 bits per heavy atom. The third kappa shape index (κ3) is 0.958. The predicted molar refractivity (Wildman–Crippen MR) is 50.0 cm³/mol. The maximum atomic E-state index is 11.3. The molecule has 0 bridgehead atoms. The minimum Gasteiger partial charge on any atom is -0.457 e. The maximum Gasteiger partial charge on any atom is 0.344 e. The van der Waals surface area contributed by atoms with Crippen molar-refractivity contribution in [2.75, 3.05) is 0 Å². The van der Waals surface area contributed by atoms with E-state index in [9.17, 15) is 9.59 Å². The monoisotopic (exact) mass is 202 g/mol. The standard InChI is InChI=1S/C11H6O4/c1-5-7-3-8-6(4-14-10(8)12)2-9(7)11(13)15-5/h2-3H,1,4H2. The maximum absolute atomic E-state index is 11.3. The molecular formula is C11H6O4. The summed E-state index contributed by atoms with van der Waals surface area (Å²) in [5, 5.41) is 0. The molecule has 0 N–H and O–H groups in total. The minimum atomic E-state index is -0.419. The van der Waals surface area contributed by atoms with E-state index in [4.69, 9.17) is 9.47 Å². The zero-order valence-corrected chi connectivity index (χ0v) is 7.70. The fourth-order valence-corrected chi connectivity index (χ4v) is 1.80. The highest BCUT2D eigenvalue weighted by Gasteiger charge is 2.31. The van der Waals surface area contributed by atoms with Crippen molar-refractivity contribution in [1.29, 1.82) is 0 Å². The van der Waals surface area contributed by atoms with Crippen LogP contribution in [-0.2, 0) is 16.1 Å². The van der Waals surface area contributed by atoms with Gasteiger partial charge in [0.2, 0.25) is 0 Å². The average Bonchev–Trinajstić information content (AvgIpc) is 2.70. The van der Waals surface area contributed by atoms with E-state index >= 15 is 0 Å². The summed E-state index contributed by atoms with van der Waals surface area (Å²) in [6.07, 6.45) is 0. The van der Waals surface area contributed by atoms with Crippen LogP contribution in [0.5, 0.6) is 0 Å². The first kappa shape index (κ1) is 8.23. The van der Waals surface area contributed by atoms with E-state index in [1.165, 1.54) is 0 Å². The number of ether oxygens (including phenoxy) is 2. The van der Waals surface area contributed by atoms with Crippen molar-refractivity contribution in [2.45, 2.75) is 6.61 Å². The molecule has 2 heterocycles. The summed E-state index contributed by atoms with van der Waals surface area (Å²) >= 11 is 0. The Balaban J connectivity index is 2.29. The van der Waals surface area contributed by atoms with Gasteiger partial charge >= 0.3 is 11.9 Å². The van der Waals surface area contributed by atoms with Crippen LogP contribution in [0.3, 0.4) is 0 Å². The van der Waals surface area contributed by atoms with Crippen LogP contribution < -0.4 is 0 Å². The largest absolute Gasteiger partial charge is 0.457 e. The number of hydrogen-bond acceptors (Lipinski definition) is 4. The quantitative estimate of drug-likeness (QED) is 0.598. The van der Waals surface area contributed by atoms with Gasteiger partial charge in [0, 0.05) is 11.1 Å². The lowest BCUT2D eigenvalue weighted by Crippen LogP contribution is -1.97. The van der Waals surface area contributed by atoms with Gasteiger partial charge in [-0.3, -0.25) is 0 Å². The first-order chi connectivity index (χ1) is 7.16. The lowest BCUT2D eigenvalue weighted by molar-refractivity contribution is 0.0535. The van der Waals surface area contributed by atoms with Crippen LogP contribution in [0.1, 0.15) is 31.8 Å². The molecular weight excluding hydrogens is 196 g/mol. The highest BCUT2D eigenvalue weighted by atomic mass is 16.5. The molecule has 74 valence electrons. The van der Waals surface area contributed by atoms with Crippen molar-refractivity contribution in [3.8, 4) is 0 Å². The van der Waals surface area contributed by atoms with Crippen molar-refractivity contribution in [3.05, 3.63) is 41.0 Å². The van der Waals surface area contributed by atoms with E-state index in [1.807, 2.05) is 0 Å². The van der Waals surface area contributed by atoms with Gasteiger partial charge in [-0.15, -0.1) is 0 Å². The highest BCUT2D eigenvalue weighted by molar-refractivity contribution is 6.05. The minimum absolute atomic E-state index is 0.223. The molecule has 2 aliphatic rings. The van der Waals surface area contributed by atoms with Crippen molar-refractivity contribution < 1.29 is 19.1 Å². The Bertz CT molecular complexity index is 528. The first-order valence-electron chi connectivity index (χ1n) is 4.42. The van der Waals surface area contributed by atoms with Crippen LogP contribution in [0.25, 0.3) is 5.76 Å². The van der Waals surface area contributed by atoms with Crippen LogP contribution in [0.2, 0.25) is 0 Å². The van der Waals surface area contributed by atoms with E-state index < -0.39 is 5.97 Å². The smallest absolute Gasteiger partial charge is 0.344 e. The van der Waals surface area contributed by atoms with E-state index in [0.29, 0.717) is 16.7 Å². The third-order valence-electron chi connectivity index (χ3n) is 2.56. The van der Waals surface area contributed by atoms with E-state index in [1.54, 1.807) is 12.1 Å². The summed E-state index contributed by atoms with van der Waals surface area (Å²) in [6, 6.07) is 3.24. The third-order valence-corrected chi connectivity index (χ3v) is 2.56. The number of rotatable bonds is 0. The van der Waals surface area contributed by atoms with Gasteiger partial charge in [0.1, 0.15) is 12.4 Å². The molecule has 0 aliphatic carbocycles. The van der Waals surface area contributed by atoms with Crippen LogP contribution in [-0.4, -0.2) is 11.9 Å². The molecule has 3 rings (SSSR count). The zero-order chi connectivity index (χ0) is 10.6. The Labute approximate surface area is 85.1 Å². The number of hydrogen-bond donors (Lipinski definition) is 0. The SMILES string of the molecule is C=C1OC(=O)c2cc3c(cc21)C(=O)OC3. The Hall–Kier alpha value is -2.10. The summed E-state index contributed by atoms with van der Waals surface area (Å²) in [7, 11) is 0. The van der Waals surface area contributed by atoms with Crippen LogP contribution in [0.15, 0.2) is 18.7 Å². The molecule has 0 radical (unpaired) electrons. The molecule has 0 amide bonds. The summed E-state index contributed by atoms with van der Waals surface area (Å²) in [4.78, 5) is 22.6. The molecule has 0 spiro atoms. The van der Waals surface area contributed by atoms with Crippen LogP contribution >= 0.6 is 0 Å². The van der Waals surface area contributed by atoms with E-state index in [2.05, 4.69) is 6.58 Å². The number of benzene rings is 1. The number of fused-ring (bicyclic) bond motifs is 2. The number of carbonyl (C=O) groups is 2. The lowest BCUT2D eigenvalue weighted by atomic mass is 10.0. The summed E-state index contributed by atoms with van der Waals surface area (Å²) in [6.45, 7) is 3.82. The molecule has 1 aromatic carbocycles. The van der Waals surface area contributed by atoms with E-state index in [0.717, 1.165) is 5.56 Å². The van der Waals surface area contributed by atoms with Gasteiger partial charge in [0.05, 0.1) is 11.1 Å². The molecule has 0 saturated carbocycles. The number of esters is 2. The second kappa shape index (κ2) is 2.48. The molecule has 1 aromatic rings. The average molecular weight is 202 g/mol. The topological polar surface area (TPSA) is 52.6 Å². The van der Waals surface area contributed by atoms with Crippen LogP contribution in [0.4, 0.5) is 0 Å². The fraction of sp³-hybridized carbons (Fsp3) is 0.0909. The van der Waals surface area contributed by atoms with Crippen molar-refractivity contribution in [1.82, 2.24) is 0 Å². The predicted octanol–water partition coefficient (Wildman–Crippen LogP) is 1.50. The molecule has 15 heavy (non-hydrogen) atoms. The summed E-state index contributed by atoms with van der Waals surface area (Å²) < 4.78 is 9.71. The van der Waals surface area contributed by atoms with Crippen molar-refractivity contribution in [2.24, 2.45) is 0 Å². The Morgan fingerprint density at radius 1 is 1.07 bits per heavy atom. The van der Waals surface area contributed by atoms with Gasteiger partial charge in [-0.25, -0.2) is 9.59 Å². The Morgan fingerprint density at radius 3 is 2.67 bits per heavy atom. The molecule has 0 fully saturated rings. The van der Waals surface area contributed by atoms with Gasteiger partial charge in [0.15, 0.2) is 0 Å². The lowest BCUT2D eigenvalue weighted by Gasteiger charge is -1.97. The summed E-state index contributed by atoms with van der Waals surface area (Å²) in [5.74, 6) is -0.491. The van der Waals surface area contributed by atoms with Crippen LogP contribution in [0, 0.1) is 0 Å². The molecule has 4 heteroatoms. The second-order valence-corrected chi connectivity index (χ2v) is 3.44. The van der Waals surface area contributed by atoms with Crippen molar-refractivity contribution in [3.63, 3.8) is 0 Å². The highest BCUT2D eigenvalue weighted by Crippen LogP contribution is 2.33. The molecule has 0 unspecified atom stereocenters. The molecule has 4 nitrogen and oxygen atoms in total. The van der Waals surface area contributed by atoms with Gasteiger partial charge in [-0.2, -0.15) is 0 Å². The molecule has 0 saturated heterocycles. The number of cyclic esters (lactones) is 2. The normalized spacial score (nSPS) is 17.2.